The SMILES string of the molecule is NCC1(NC(=O)c2ccc3c(c2)OCCO3)CC1. The lowest BCUT2D eigenvalue weighted by atomic mass is 10.1. The van der Waals surface area contributed by atoms with Gasteiger partial charge in [-0.3, -0.25) is 4.79 Å². The molecule has 3 rings (SSSR count). The Labute approximate surface area is 105 Å². The molecule has 0 bridgehead atoms. The summed E-state index contributed by atoms with van der Waals surface area (Å²) in [4.78, 5) is 12.1. The molecule has 1 fully saturated rings. The summed E-state index contributed by atoms with van der Waals surface area (Å²) >= 11 is 0. The minimum absolute atomic E-state index is 0.102. The smallest absolute Gasteiger partial charge is 0.251 e. The molecule has 3 N–H and O–H groups in total. The second kappa shape index (κ2) is 4.17. The molecule has 0 atom stereocenters. The van der Waals surface area contributed by atoms with Crippen LogP contribution in [0.15, 0.2) is 18.2 Å². The van der Waals surface area contributed by atoms with Crippen LogP contribution in [0.3, 0.4) is 0 Å². The lowest BCUT2D eigenvalue weighted by Crippen LogP contribution is -2.42. The molecule has 0 saturated heterocycles. The number of nitrogens with two attached hydrogens (primary N) is 1. The zero-order valence-corrected chi connectivity index (χ0v) is 10.1. The summed E-state index contributed by atoms with van der Waals surface area (Å²) in [5, 5.41) is 2.98. The highest BCUT2D eigenvalue weighted by molar-refractivity contribution is 5.95. The van der Waals surface area contributed by atoms with Gasteiger partial charge in [0.25, 0.3) is 5.91 Å². The highest BCUT2D eigenvalue weighted by Crippen LogP contribution is 2.35. The molecule has 1 aromatic carbocycles. The van der Waals surface area contributed by atoms with E-state index in [1.807, 2.05) is 0 Å². The number of ether oxygens (including phenoxy) is 2. The number of hydrogen-bond acceptors (Lipinski definition) is 4. The van der Waals surface area contributed by atoms with Gasteiger partial charge in [-0.1, -0.05) is 0 Å². The minimum Gasteiger partial charge on any atom is -0.486 e. The second-order valence-corrected chi connectivity index (χ2v) is 4.80. The summed E-state index contributed by atoms with van der Waals surface area (Å²) in [6.45, 7) is 1.56. The van der Waals surface area contributed by atoms with Crippen molar-refractivity contribution in [1.82, 2.24) is 5.32 Å². The molecular formula is C13H16N2O3. The summed E-state index contributed by atoms with van der Waals surface area (Å²) in [5.41, 5.74) is 6.05. The van der Waals surface area contributed by atoms with Gasteiger partial charge in [-0.2, -0.15) is 0 Å². The van der Waals surface area contributed by atoms with Gasteiger partial charge in [0.2, 0.25) is 0 Å². The fourth-order valence-electron chi connectivity index (χ4n) is 2.03. The third-order valence-electron chi connectivity index (χ3n) is 3.43. The van der Waals surface area contributed by atoms with Crippen molar-refractivity contribution in [3.63, 3.8) is 0 Å². The topological polar surface area (TPSA) is 73.6 Å². The predicted molar refractivity (Wildman–Crippen MR) is 65.9 cm³/mol. The van der Waals surface area contributed by atoms with E-state index in [1.54, 1.807) is 18.2 Å². The van der Waals surface area contributed by atoms with Gasteiger partial charge in [0.05, 0.1) is 5.54 Å². The molecule has 0 unspecified atom stereocenters. The van der Waals surface area contributed by atoms with E-state index in [4.69, 9.17) is 15.2 Å². The lowest BCUT2D eigenvalue weighted by Gasteiger charge is -2.19. The van der Waals surface area contributed by atoms with Crippen LogP contribution < -0.4 is 20.5 Å². The number of hydrogen-bond donors (Lipinski definition) is 2. The Hall–Kier alpha value is -1.75. The molecule has 1 aliphatic heterocycles. The van der Waals surface area contributed by atoms with Crippen LogP contribution in [0.4, 0.5) is 0 Å². The molecule has 1 heterocycles. The van der Waals surface area contributed by atoms with E-state index < -0.39 is 0 Å². The highest BCUT2D eigenvalue weighted by atomic mass is 16.6. The third-order valence-corrected chi connectivity index (χ3v) is 3.43. The van der Waals surface area contributed by atoms with Crippen molar-refractivity contribution in [2.75, 3.05) is 19.8 Å². The van der Waals surface area contributed by atoms with Gasteiger partial charge < -0.3 is 20.5 Å². The molecular weight excluding hydrogens is 232 g/mol. The zero-order chi connectivity index (χ0) is 12.6. The molecule has 5 heteroatoms. The molecule has 5 nitrogen and oxygen atoms in total. The highest BCUT2D eigenvalue weighted by Gasteiger charge is 2.42. The normalized spacial score (nSPS) is 19.2. The Balaban J connectivity index is 1.77. The van der Waals surface area contributed by atoms with Gasteiger partial charge in [0, 0.05) is 12.1 Å². The molecule has 0 aromatic heterocycles. The first-order chi connectivity index (χ1) is 8.72. The molecule has 1 aliphatic carbocycles. The number of rotatable bonds is 3. The van der Waals surface area contributed by atoms with Gasteiger partial charge in [-0.15, -0.1) is 0 Å². The van der Waals surface area contributed by atoms with Crippen molar-refractivity contribution >= 4 is 5.91 Å². The fourth-order valence-corrected chi connectivity index (χ4v) is 2.03. The van der Waals surface area contributed by atoms with Crippen LogP contribution in [0.2, 0.25) is 0 Å². The largest absolute Gasteiger partial charge is 0.486 e. The molecule has 1 saturated carbocycles. The van der Waals surface area contributed by atoms with Crippen molar-refractivity contribution in [2.45, 2.75) is 18.4 Å². The van der Waals surface area contributed by atoms with Crippen LogP contribution in [0.5, 0.6) is 11.5 Å². The van der Waals surface area contributed by atoms with Crippen LogP contribution in [-0.4, -0.2) is 31.2 Å². The van der Waals surface area contributed by atoms with E-state index in [1.165, 1.54) is 0 Å². The Bertz CT molecular complexity index is 483. The maximum absolute atomic E-state index is 12.1. The monoisotopic (exact) mass is 248 g/mol. The second-order valence-electron chi connectivity index (χ2n) is 4.80. The lowest BCUT2D eigenvalue weighted by molar-refractivity contribution is 0.0932. The van der Waals surface area contributed by atoms with Gasteiger partial charge in [0.15, 0.2) is 11.5 Å². The van der Waals surface area contributed by atoms with E-state index in [-0.39, 0.29) is 11.4 Å². The Morgan fingerprint density at radius 1 is 1.28 bits per heavy atom. The number of amides is 1. The molecule has 0 spiro atoms. The average Bonchev–Trinajstić information content (AvgIpc) is 3.18. The summed E-state index contributed by atoms with van der Waals surface area (Å²) in [7, 11) is 0. The fraction of sp³-hybridized carbons (Fsp3) is 0.462. The molecule has 0 radical (unpaired) electrons. The van der Waals surface area contributed by atoms with E-state index in [0.717, 1.165) is 12.8 Å². The number of benzene rings is 1. The molecule has 18 heavy (non-hydrogen) atoms. The van der Waals surface area contributed by atoms with Gasteiger partial charge in [-0.05, 0) is 31.0 Å². The van der Waals surface area contributed by atoms with Crippen molar-refractivity contribution in [3.05, 3.63) is 23.8 Å². The first-order valence-corrected chi connectivity index (χ1v) is 6.15. The first kappa shape index (κ1) is 11.3. The van der Waals surface area contributed by atoms with Crippen molar-refractivity contribution < 1.29 is 14.3 Å². The summed E-state index contributed by atoms with van der Waals surface area (Å²) in [6, 6.07) is 5.23. The van der Waals surface area contributed by atoms with Crippen LogP contribution >= 0.6 is 0 Å². The summed E-state index contributed by atoms with van der Waals surface area (Å²) in [6.07, 6.45) is 1.92. The summed E-state index contributed by atoms with van der Waals surface area (Å²) < 4.78 is 10.9. The third kappa shape index (κ3) is 2.01. The number of fused-ring (bicyclic) bond motifs is 1. The van der Waals surface area contributed by atoms with Crippen LogP contribution in [0, 0.1) is 0 Å². The van der Waals surface area contributed by atoms with E-state index >= 15 is 0 Å². The van der Waals surface area contributed by atoms with E-state index in [9.17, 15) is 4.79 Å². The van der Waals surface area contributed by atoms with Crippen molar-refractivity contribution in [2.24, 2.45) is 5.73 Å². The molecule has 96 valence electrons. The Kier molecular flexibility index (Phi) is 2.63. The Morgan fingerprint density at radius 3 is 2.67 bits per heavy atom. The maximum atomic E-state index is 12.1. The van der Waals surface area contributed by atoms with Gasteiger partial charge >= 0.3 is 0 Å². The molecule has 1 aromatic rings. The Morgan fingerprint density at radius 2 is 2.00 bits per heavy atom. The standard InChI is InChI=1S/C13H16N2O3/c14-8-13(3-4-13)15-12(16)9-1-2-10-11(7-9)18-6-5-17-10/h1-2,7H,3-6,8,14H2,(H,15,16). The van der Waals surface area contributed by atoms with Crippen LogP contribution in [0.1, 0.15) is 23.2 Å². The quantitative estimate of drug-likeness (QED) is 0.825. The first-order valence-electron chi connectivity index (χ1n) is 6.15. The van der Waals surface area contributed by atoms with Crippen molar-refractivity contribution in [3.8, 4) is 11.5 Å². The number of carbonyl (C=O) groups excluding carboxylic acids is 1. The minimum atomic E-state index is -0.176. The van der Waals surface area contributed by atoms with Crippen LogP contribution in [0.25, 0.3) is 0 Å². The van der Waals surface area contributed by atoms with E-state index in [0.29, 0.717) is 36.8 Å². The molecule has 2 aliphatic rings. The number of nitrogens with one attached hydrogen (secondary N) is 1. The van der Waals surface area contributed by atoms with E-state index in [2.05, 4.69) is 5.32 Å². The van der Waals surface area contributed by atoms with Gasteiger partial charge in [-0.25, -0.2) is 0 Å². The number of carbonyl (C=O) groups is 1. The maximum Gasteiger partial charge on any atom is 0.251 e. The molecule has 1 amide bonds. The summed E-state index contributed by atoms with van der Waals surface area (Å²) in [5.74, 6) is 1.22. The predicted octanol–water partition coefficient (Wildman–Crippen LogP) is 0.679. The van der Waals surface area contributed by atoms with Gasteiger partial charge in [0.1, 0.15) is 13.2 Å². The zero-order valence-electron chi connectivity index (χ0n) is 10.1. The van der Waals surface area contributed by atoms with Crippen molar-refractivity contribution in [1.29, 1.82) is 0 Å². The average molecular weight is 248 g/mol. The van der Waals surface area contributed by atoms with Crippen LogP contribution in [-0.2, 0) is 0 Å².